The Labute approximate surface area is 114 Å². The third-order valence-electron chi connectivity index (χ3n) is 2.36. The Morgan fingerprint density at radius 1 is 1.21 bits per heavy atom. The second kappa shape index (κ2) is 6.24. The maximum atomic E-state index is 11.6. The van der Waals surface area contributed by atoms with E-state index in [0.29, 0.717) is 23.1 Å². The van der Waals surface area contributed by atoms with Crippen LogP contribution in [0.4, 0.5) is 5.69 Å². The van der Waals surface area contributed by atoms with Gasteiger partial charge in [0.15, 0.2) is 5.17 Å². The first kappa shape index (κ1) is 13.4. The summed E-state index contributed by atoms with van der Waals surface area (Å²) in [5.41, 5.74) is 0.530. The number of rotatable bonds is 2. The van der Waals surface area contributed by atoms with E-state index < -0.39 is 11.8 Å². The number of carbonyl (C=O) groups excluding carboxylic acids is 2. The molecule has 100 valence electrons. The van der Waals surface area contributed by atoms with Crippen LogP contribution < -0.4 is 15.4 Å². The molecule has 0 atom stereocenters. The number of carbonyl (C=O) groups is 2. The van der Waals surface area contributed by atoms with E-state index >= 15 is 0 Å². The molecule has 0 unspecified atom stereocenters. The topological polar surface area (TPSA) is 79.8 Å². The van der Waals surface area contributed by atoms with Crippen molar-refractivity contribution in [3.05, 3.63) is 24.3 Å². The van der Waals surface area contributed by atoms with Crippen LogP contribution in [0.25, 0.3) is 0 Å². The van der Waals surface area contributed by atoms with Crippen molar-refractivity contribution in [1.29, 1.82) is 0 Å². The molecule has 0 saturated carbocycles. The maximum Gasteiger partial charge on any atom is 0.315 e. The minimum Gasteiger partial charge on any atom is -0.497 e. The van der Waals surface area contributed by atoms with Gasteiger partial charge < -0.3 is 10.1 Å². The Morgan fingerprint density at radius 3 is 2.47 bits per heavy atom. The van der Waals surface area contributed by atoms with Crippen molar-refractivity contribution in [1.82, 2.24) is 5.32 Å². The fourth-order valence-corrected chi connectivity index (χ4v) is 2.15. The van der Waals surface area contributed by atoms with Gasteiger partial charge in [-0.05, 0) is 24.3 Å². The van der Waals surface area contributed by atoms with Gasteiger partial charge in [0.1, 0.15) is 5.75 Å². The Balaban J connectivity index is 1.90. The summed E-state index contributed by atoms with van der Waals surface area (Å²) < 4.78 is 5.00. The van der Waals surface area contributed by atoms with Crippen molar-refractivity contribution >= 4 is 34.4 Å². The lowest BCUT2D eigenvalue weighted by Gasteiger charge is -2.06. The van der Waals surface area contributed by atoms with E-state index in [9.17, 15) is 9.59 Å². The second-order valence-electron chi connectivity index (χ2n) is 3.67. The number of nitrogens with one attached hydrogen (secondary N) is 2. The molecule has 1 aromatic rings. The zero-order valence-electron chi connectivity index (χ0n) is 10.3. The van der Waals surface area contributed by atoms with Crippen LogP contribution in [-0.4, -0.2) is 36.4 Å². The molecule has 19 heavy (non-hydrogen) atoms. The minimum absolute atomic E-state index is 0.495. The lowest BCUT2D eigenvalue weighted by molar-refractivity contribution is -0.135. The predicted molar refractivity (Wildman–Crippen MR) is 74.5 cm³/mol. The SMILES string of the molecule is COc1ccc(NC(=O)C(=O)NC2=NCCS2)cc1. The molecule has 2 N–H and O–H groups in total. The highest BCUT2D eigenvalue weighted by Gasteiger charge is 2.17. The summed E-state index contributed by atoms with van der Waals surface area (Å²) in [7, 11) is 1.56. The van der Waals surface area contributed by atoms with Crippen molar-refractivity contribution in [3.8, 4) is 5.75 Å². The average molecular weight is 279 g/mol. The molecule has 1 aliphatic heterocycles. The van der Waals surface area contributed by atoms with Crippen LogP contribution in [0.15, 0.2) is 29.3 Å². The molecule has 1 aliphatic rings. The van der Waals surface area contributed by atoms with E-state index in [2.05, 4.69) is 15.6 Å². The van der Waals surface area contributed by atoms with Crippen LogP contribution in [0.3, 0.4) is 0 Å². The van der Waals surface area contributed by atoms with Crippen LogP contribution in [0.1, 0.15) is 0 Å². The molecule has 0 aromatic heterocycles. The van der Waals surface area contributed by atoms with Gasteiger partial charge in [0.25, 0.3) is 0 Å². The summed E-state index contributed by atoms with van der Waals surface area (Å²) in [5, 5.41) is 5.45. The molecule has 0 radical (unpaired) electrons. The van der Waals surface area contributed by atoms with E-state index in [1.54, 1.807) is 31.4 Å². The highest BCUT2D eigenvalue weighted by atomic mass is 32.2. The van der Waals surface area contributed by atoms with Crippen molar-refractivity contribution in [2.75, 3.05) is 24.7 Å². The molecule has 1 aromatic carbocycles. The molecular formula is C12H13N3O3S. The van der Waals surface area contributed by atoms with Gasteiger partial charge in [0, 0.05) is 11.4 Å². The molecule has 1 heterocycles. The lowest BCUT2D eigenvalue weighted by Crippen LogP contribution is -2.37. The highest BCUT2D eigenvalue weighted by molar-refractivity contribution is 8.14. The second-order valence-corrected chi connectivity index (χ2v) is 4.76. The van der Waals surface area contributed by atoms with Crippen LogP contribution in [-0.2, 0) is 9.59 Å². The van der Waals surface area contributed by atoms with Crippen LogP contribution in [0.2, 0.25) is 0 Å². The molecule has 0 aliphatic carbocycles. The molecule has 6 nitrogen and oxygen atoms in total. The number of thioether (sulfide) groups is 1. The molecule has 0 bridgehead atoms. The number of ether oxygens (including phenoxy) is 1. The summed E-state index contributed by atoms with van der Waals surface area (Å²) in [6.07, 6.45) is 0. The quantitative estimate of drug-likeness (QED) is 0.787. The first-order valence-electron chi connectivity index (χ1n) is 5.62. The monoisotopic (exact) mass is 279 g/mol. The van der Waals surface area contributed by atoms with Crippen LogP contribution >= 0.6 is 11.8 Å². The van der Waals surface area contributed by atoms with Gasteiger partial charge in [-0.15, -0.1) is 0 Å². The molecule has 0 saturated heterocycles. The predicted octanol–water partition coefficient (Wildman–Crippen LogP) is 0.853. The Hall–Kier alpha value is -2.02. The van der Waals surface area contributed by atoms with Crippen molar-refractivity contribution in [2.24, 2.45) is 4.99 Å². The Morgan fingerprint density at radius 2 is 1.89 bits per heavy atom. The normalized spacial score (nSPS) is 13.6. The first-order valence-corrected chi connectivity index (χ1v) is 6.61. The summed E-state index contributed by atoms with van der Waals surface area (Å²) in [6.45, 7) is 0.667. The first-order chi connectivity index (χ1) is 9.19. The third kappa shape index (κ3) is 3.72. The molecule has 0 fully saturated rings. The molecular weight excluding hydrogens is 266 g/mol. The summed E-state index contributed by atoms with van der Waals surface area (Å²) in [6, 6.07) is 6.71. The fraction of sp³-hybridized carbons (Fsp3) is 0.250. The maximum absolute atomic E-state index is 11.6. The van der Waals surface area contributed by atoms with Crippen molar-refractivity contribution < 1.29 is 14.3 Å². The van der Waals surface area contributed by atoms with Gasteiger partial charge in [-0.2, -0.15) is 0 Å². The van der Waals surface area contributed by atoms with Gasteiger partial charge in [0.2, 0.25) is 0 Å². The number of anilines is 1. The highest BCUT2D eigenvalue weighted by Crippen LogP contribution is 2.15. The molecule has 2 amide bonds. The third-order valence-corrected chi connectivity index (χ3v) is 3.25. The lowest BCUT2D eigenvalue weighted by atomic mass is 10.3. The Bertz CT molecular complexity index is 513. The standard InChI is InChI=1S/C12H13N3O3S/c1-18-9-4-2-8(3-5-9)14-10(16)11(17)15-12-13-6-7-19-12/h2-5H,6-7H2,1H3,(H,14,16)(H,13,15,17). The van der Waals surface area contributed by atoms with Gasteiger partial charge in [-0.3, -0.25) is 19.9 Å². The van der Waals surface area contributed by atoms with Gasteiger partial charge in [-0.25, -0.2) is 0 Å². The number of amides is 2. The molecule has 7 heteroatoms. The number of benzene rings is 1. The summed E-state index contributed by atoms with van der Waals surface area (Å²) in [5.74, 6) is 0.0684. The number of hydrogen-bond acceptors (Lipinski definition) is 5. The number of nitrogens with zero attached hydrogens (tertiary/aromatic N) is 1. The summed E-state index contributed by atoms with van der Waals surface area (Å²) >= 11 is 1.42. The van der Waals surface area contributed by atoms with E-state index in [-0.39, 0.29) is 0 Å². The van der Waals surface area contributed by atoms with Crippen molar-refractivity contribution in [3.63, 3.8) is 0 Å². The number of methoxy groups -OCH3 is 1. The largest absolute Gasteiger partial charge is 0.497 e. The van der Waals surface area contributed by atoms with Gasteiger partial charge in [0.05, 0.1) is 13.7 Å². The summed E-state index contributed by atoms with van der Waals surface area (Å²) in [4.78, 5) is 27.3. The zero-order chi connectivity index (χ0) is 13.7. The number of amidine groups is 1. The molecule has 2 rings (SSSR count). The van der Waals surface area contributed by atoms with E-state index in [1.165, 1.54) is 11.8 Å². The zero-order valence-corrected chi connectivity index (χ0v) is 11.1. The Kier molecular flexibility index (Phi) is 4.40. The van der Waals surface area contributed by atoms with E-state index in [0.717, 1.165) is 5.75 Å². The molecule has 0 spiro atoms. The number of hydrogen-bond donors (Lipinski definition) is 2. The average Bonchev–Trinajstić information content (AvgIpc) is 2.92. The van der Waals surface area contributed by atoms with Crippen LogP contribution in [0, 0.1) is 0 Å². The van der Waals surface area contributed by atoms with E-state index in [1.807, 2.05) is 0 Å². The van der Waals surface area contributed by atoms with Crippen LogP contribution in [0.5, 0.6) is 5.75 Å². The smallest absolute Gasteiger partial charge is 0.315 e. The number of aliphatic imine (C=N–C) groups is 1. The van der Waals surface area contributed by atoms with Gasteiger partial charge >= 0.3 is 11.8 Å². The fourth-order valence-electron chi connectivity index (χ4n) is 1.43. The van der Waals surface area contributed by atoms with Crippen molar-refractivity contribution in [2.45, 2.75) is 0 Å². The van der Waals surface area contributed by atoms with E-state index in [4.69, 9.17) is 4.74 Å². The van der Waals surface area contributed by atoms with Gasteiger partial charge in [-0.1, -0.05) is 11.8 Å². The minimum atomic E-state index is -0.722.